The standard InChI is InChI=1S/C20H22N6O3/c1-29-12-11-26-14-23-17-13-15(3-4-16(17)19(26)27)24-7-9-25(10-8-24)20(28)18-21-5-2-6-22-18/h2-6,13-14H,7-12H2,1H3. The van der Waals surface area contributed by atoms with Gasteiger partial charge in [-0.3, -0.25) is 14.2 Å². The fourth-order valence-electron chi connectivity index (χ4n) is 3.41. The Kier molecular flexibility index (Phi) is 5.48. The van der Waals surface area contributed by atoms with Gasteiger partial charge in [-0.1, -0.05) is 0 Å². The van der Waals surface area contributed by atoms with Gasteiger partial charge in [0, 0.05) is 51.4 Å². The van der Waals surface area contributed by atoms with Gasteiger partial charge in [0.25, 0.3) is 11.5 Å². The Hall–Kier alpha value is -3.33. The molecule has 1 fully saturated rings. The highest BCUT2D eigenvalue weighted by molar-refractivity contribution is 5.90. The van der Waals surface area contributed by atoms with E-state index in [1.54, 1.807) is 41.4 Å². The molecule has 3 heterocycles. The molecule has 150 valence electrons. The first-order chi connectivity index (χ1) is 14.2. The summed E-state index contributed by atoms with van der Waals surface area (Å²) in [5, 5.41) is 0.586. The summed E-state index contributed by atoms with van der Waals surface area (Å²) in [5.74, 6) is 0.0719. The molecule has 1 saturated heterocycles. The predicted molar refractivity (Wildman–Crippen MR) is 108 cm³/mol. The van der Waals surface area contributed by atoms with Crippen LogP contribution in [0.3, 0.4) is 0 Å². The Morgan fingerprint density at radius 2 is 1.86 bits per heavy atom. The number of ether oxygens (including phenoxy) is 1. The minimum atomic E-state index is -0.151. The molecule has 0 aliphatic carbocycles. The van der Waals surface area contributed by atoms with E-state index in [4.69, 9.17) is 4.74 Å². The average molecular weight is 394 g/mol. The number of rotatable bonds is 5. The second kappa shape index (κ2) is 8.36. The van der Waals surface area contributed by atoms with E-state index >= 15 is 0 Å². The Labute approximate surface area is 167 Å². The third-order valence-electron chi connectivity index (χ3n) is 5.03. The van der Waals surface area contributed by atoms with Crippen molar-refractivity contribution >= 4 is 22.5 Å². The summed E-state index contributed by atoms with van der Waals surface area (Å²) in [5.41, 5.74) is 1.58. The molecule has 4 rings (SSSR count). The van der Waals surface area contributed by atoms with Gasteiger partial charge < -0.3 is 14.5 Å². The van der Waals surface area contributed by atoms with Crippen LogP contribution in [0.2, 0.25) is 0 Å². The first-order valence-corrected chi connectivity index (χ1v) is 9.47. The summed E-state index contributed by atoms with van der Waals surface area (Å²) >= 11 is 0. The molecular weight excluding hydrogens is 372 g/mol. The van der Waals surface area contributed by atoms with Gasteiger partial charge in [-0.25, -0.2) is 15.0 Å². The molecule has 1 aliphatic rings. The van der Waals surface area contributed by atoms with Crippen LogP contribution in [0, 0.1) is 0 Å². The average Bonchev–Trinajstić information content (AvgIpc) is 2.78. The number of nitrogens with zero attached hydrogens (tertiary/aromatic N) is 6. The van der Waals surface area contributed by atoms with E-state index in [-0.39, 0.29) is 17.3 Å². The number of carbonyl (C=O) groups is 1. The van der Waals surface area contributed by atoms with Gasteiger partial charge >= 0.3 is 0 Å². The minimum absolute atomic E-state index is 0.0723. The van der Waals surface area contributed by atoms with Gasteiger partial charge in [0.2, 0.25) is 5.82 Å². The summed E-state index contributed by atoms with van der Waals surface area (Å²) in [6.45, 7) is 3.48. The van der Waals surface area contributed by atoms with Crippen molar-refractivity contribution in [2.24, 2.45) is 0 Å². The highest BCUT2D eigenvalue weighted by atomic mass is 16.5. The molecular formula is C20H22N6O3. The largest absolute Gasteiger partial charge is 0.383 e. The highest BCUT2D eigenvalue weighted by Gasteiger charge is 2.24. The van der Waals surface area contributed by atoms with E-state index in [9.17, 15) is 9.59 Å². The number of hydrogen-bond donors (Lipinski definition) is 0. The van der Waals surface area contributed by atoms with Gasteiger partial charge in [-0.15, -0.1) is 0 Å². The van der Waals surface area contributed by atoms with E-state index in [0.717, 1.165) is 5.69 Å². The van der Waals surface area contributed by atoms with E-state index in [2.05, 4.69) is 19.9 Å². The van der Waals surface area contributed by atoms with E-state index in [1.807, 2.05) is 18.2 Å². The van der Waals surface area contributed by atoms with Gasteiger partial charge in [-0.05, 0) is 24.3 Å². The van der Waals surface area contributed by atoms with Crippen molar-refractivity contribution in [1.82, 2.24) is 24.4 Å². The van der Waals surface area contributed by atoms with Gasteiger partial charge in [0.15, 0.2) is 0 Å². The monoisotopic (exact) mass is 394 g/mol. The molecule has 0 atom stereocenters. The molecule has 1 aromatic carbocycles. The Balaban J connectivity index is 1.47. The predicted octanol–water partition coefficient (Wildman–Crippen LogP) is 0.795. The van der Waals surface area contributed by atoms with Crippen molar-refractivity contribution in [1.29, 1.82) is 0 Å². The lowest BCUT2D eigenvalue weighted by molar-refractivity contribution is 0.0734. The molecule has 0 unspecified atom stereocenters. The summed E-state index contributed by atoms with van der Waals surface area (Å²) in [6.07, 6.45) is 4.70. The van der Waals surface area contributed by atoms with Crippen molar-refractivity contribution in [2.45, 2.75) is 6.54 Å². The molecule has 9 heteroatoms. The maximum atomic E-state index is 12.6. The number of hydrogen-bond acceptors (Lipinski definition) is 7. The summed E-state index contributed by atoms with van der Waals surface area (Å²) in [6, 6.07) is 7.37. The first-order valence-electron chi connectivity index (χ1n) is 9.47. The lowest BCUT2D eigenvalue weighted by atomic mass is 10.2. The first kappa shape index (κ1) is 19.0. The van der Waals surface area contributed by atoms with Crippen LogP contribution in [-0.4, -0.2) is 70.2 Å². The minimum Gasteiger partial charge on any atom is -0.383 e. The zero-order valence-corrected chi connectivity index (χ0v) is 16.2. The normalized spacial score (nSPS) is 14.4. The number of amides is 1. The quantitative estimate of drug-likeness (QED) is 0.632. The SMILES string of the molecule is COCCn1cnc2cc(N3CCN(C(=O)c4ncccn4)CC3)ccc2c1=O. The van der Waals surface area contributed by atoms with Crippen LogP contribution < -0.4 is 10.5 Å². The van der Waals surface area contributed by atoms with Crippen LogP contribution in [0.15, 0.2) is 47.8 Å². The maximum Gasteiger partial charge on any atom is 0.291 e. The molecule has 0 saturated carbocycles. The van der Waals surface area contributed by atoms with Gasteiger partial charge in [0.05, 0.1) is 30.4 Å². The topological polar surface area (TPSA) is 93.4 Å². The Morgan fingerprint density at radius 3 is 2.59 bits per heavy atom. The second-order valence-corrected chi connectivity index (χ2v) is 6.79. The Morgan fingerprint density at radius 1 is 1.10 bits per heavy atom. The van der Waals surface area contributed by atoms with Crippen molar-refractivity contribution < 1.29 is 9.53 Å². The molecule has 0 spiro atoms. The smallest absolute Gasteiger partial charge is 0.291 e. The van der Waals surface area contributed by atoms with E-state index < -0.39 is 0 Å². The molecule has 3 aromatic rings. The fourth-order valence-corrected chi connectivity index (χ4v) is 3.41. The summed E-state index contributed by atoms with van der Waals surface area (Å²) < 4.78 is 6.59. The number of piperazine rings is 1. The maximum absolute atomic E-state index is 12.6. The van der Waals surface area contributed by atoms with Crippen molar-refractivity contribution in [3.05, 3.63) is 59.2 Å². The molecule has 0 radical (unpaired) electrons. The van der Waals surface area contributed by atoms with Crippen molar-refractivity contribution in [2.75, 3.05) is 44.8 Å². The summed E-state index contributed by atoms with van der Waals surface area (Å²) in [4.78, 5) is 41.5. The van der Waals surface area contributed by atoms with Crippen LogP contribution in [0.1, 0.15) is 10.6 Å². The van der Waals surface area contributed by atoms with Gasteiger partial charge in [-0.2, -0.15) is 0 Å². The molecule has 2 aromatic heterocycles. The molecule has 0 N–H and O–H groups in total. The lowest BCUT2D eigenvalue weighted by Crippen LogP contribution is -2.49. The van der Waals surface area contributed by atoms with Crippen LogP contribution in [0.25, 0.3) is 10.9 Å². The molecule has 9 nitrogen and oxygen atoms in total. The molecule has 0 bridgehead atoms. The van der Waals surface area contributed by atoms with Crippen molar-refractivity contribution in [3.63, 3.8) is 0 Å². The lowest BCUT2D eigenvalue weighted by Gasteiger charge is -2.35. The van der Waals surface area contributed by atoms with Crippen molar-refractivity contribution in [3.8, 4) is 0 Å². The van der Waals surface area contributed by atoms with Crippen LogP contribution in [0.5, 0.6) is 0 Å². The zero-order valence-electron chi connectivity index (χ0n) is 16.2. The second-order valence-electron chi connectivity index (χ2n) is 6.79. The number of methoxy groups -OCH3 is 1. The van der Waals surface area contributed by atoms with E-state index in [0.29, 0.717) is 50.2 Å². The highest BCUT2D eigenvalue weighted by Crippen LogP contribution is 2.20. The molecule has 1 amide bonds. The summed E-state index contributed by atoms with van der Waals surface area (Å²) in [7, 11) is 1.60. The number of benzene rings is 1. The number of aromatic nitrogens is 4. The third kappa shape index (κ3) is 3.95. The number of anilines is 1. The van der Waals surface area contributed by atoms with E-state index in [1.165, 1.54) is 0 Å². The number of fused-ring (bicyclic) bond motifs is 1. The molecule has 1 aliphatic heterocycles. The Bertz CT molecular complexity index is 1060. The van der Waals surface area contributed by atoms with Crippen LogP contribution in [0.4, 0.5) is 5.69 Å². The number of carbonyl (C=O) groups excluding carboxylic acids is 1. The third-order valence-corrected chi connectivity index (χ3v) is 5.03. The van der Waals surface area contributed by atoms with Crippen LogP contribution in [-0.2, 0) is 11.3 Å². The zero-order chi connectivity index (χ0) is 20.2. The fraction of sp³-hybridized carbons (Fsp3) is 0.350. The molecule has 29 heavy (non-hydrogen) atoms. The van der Waals surface area contributed by atoms with Gasteiger partial charge in [0.1, 0.15) is 0 Å². The van der Waals surface area contributed by atoms with Crippen LogP contribution >= 0.6 is 0 Å².